The topological polar surface area (TPSA) is 18.5 Å². The Morgan fingerprint density at radius 1 is 1.50 bits per heavy atom. The lowest BCUT2D eigenvalue weighted by Gasteiger charge is -2.06. The van der Waals surface area contributed by atoms with Gasteiger partial charge in [-0.05, 0) is 18.6 Å². The fraction of sp³-hybridized carbons (Fsp3) is 0.400. The SMILES string of the molecule is CC1Cc2ccc(OC(F)F)cc2O1. The van der Waals surface area contributed by atoms with Gasteiger partial charge in [0.2, 0.25) is 0 Å². The van der Waals surface area contributed by atoms with E-state index in [1.807, 2.05) is 6.92 Å². The summed E-state index contributed by atoms with van der Waals surface area (Å²) >= 11 is 0. The lowest BCUT2D eigenvalue weighted by atomic mass is 10.1. The van der Waals surface area contributed by atoms with Crippen LogP contribution in [0.4, 0.5) is 8.78 Å². The number of fused-ring (bicyclic) bond motifs is 1. The molecule has 1 unspecified atom stereocenters. The van der Waals surface area contributed by atoms with Crippen LogP contribution in [0.15, 0.2) is 18.2 Å². The fourth-order valence-electron chi connectivity index (χ4n) is 1.56. The summed E-state index contributed by atoms with van der Waals surface area (Å²) in [7, 11) is 0. The van der Waals surface area contributed by atoms with Crippen molar-refractivity contribution in [1.29, 1.82) is 0 Å². The summed E-state index contributed by atoms with van der Waals surface area (Å²) in [6.45, 7) is -0.847. The Morgan fingerprint density at radius 2 is 2.29 bits per heavy atom. The van der Waals surface area contributed by atoms with Gasteiger partial charge in [0.25, 0.3) is 0 Å². The molecular formula is C10H10F2O2. The molecule has 0 radical (unpaired) electrons. The summed E-state index contributed by atoms with van der Waals surface area (Å²) in [6.07, 6.45) is 0.941. The van der Waals surface area contributed by atoms with Gasteiger partial charge >= 0.3 is 6.61 Å². The average molecular weight is 200 g/mol. The van der Waals surface area contributed by atoms with Gasteiger partial charge in [0.15, 0.2) is 0 Å². The van der Waals surface area contributed by atoms with Crippen molar-refractivity contribution < 1.29 is 18.3 Å². The van der Waals surface area contributed by atoms with Crippen molar-refractivity contribution in [3.63, 3.8) is 0 Å². The van der Waals surface area contributed by atoms with Crippen LogP contribution >= 0.6 is 0 Å². The molecule has 4 heteroatoms. The number of ether oxygens (including phenoxy) is 2. The summed E-state index contributed by atoms with van der Waals surface area (Å²) in [5, 5.41) is 0. The van der Waals surface area contributed by atoms with Crippen molar-refractivity contribution >= 4 is 0 Å². The maximum absolute atomic E-state index is 11.9. The zero-order valence-electron chi connectivity index (χ0n) is 7.67. The predicted molar refractivity (Wildman–Crippen MR) is 46.9 cm³/mol. The van der Waals surface area contributed by atoms with Gasteiger partial charge in [0.1, 0.15) is 17.6 Å². The van der Waals surface area contributed by atoms with Crippen LogP contribution in [0.5, 0.6) is 11.5 Å². The fourth-order valence-corrected chi connectivity index (χ4v) is 1.56. The summed E-state index contributed by atoms with van der Waals surface area (Å²) in [5.74, 6) is 0.795. The molecule has 1 aliphatic rings. The van der Waals surface area contributed by atoms with Gasteiger partial charge in [-0.3, -0.25) is 0 Å². The van der Waals surface area contributed by atoms with Gasteiger partial charge in [0.05, 0.1) is 0 Å². The molecule has 76 valence electrons. The number of halogens is 2. The smallest absolute Gasteiger partial charge is 0.387 e. The van der Waals surface area contributed by atoms with E-state index in [4.69, 9.17) is 4.74 Å². The first-order chi connectivity index (χ1) is 6.65. The number of rotatable bonds is 2. The molecule has 2 rings (SSSR count). The first kappa shape index (κ1) is 9.24. The third kappa shape index (κ3) is 1.78. The summed E-state index contributed by atoms with van der Waals surface area (Å²) < 4.78 is 33.4. The van der Waals surface area contributed by atoms with Crippen molar-refractivity contribution in [3.8, 4) is 11.5 Å². The number of benzene rings is 1. The second-order valence-corrected chi connectivity index (χ2v) is 3.28. The Kier molecular flexibility index (Phi) is 2.27. The molecule has 0 spiro atoms. The predicted octanol–water partition coefficient (Wildman–Crippen LogP) is 2.61. The van der Waals surface area contributed by atoms with Gasteiger partial charge in [0, 0.05) is 12.5 Å². The highest BCUT2D eigenvalue weighted by Gasteiger charge is 2.19. The van der Waals surface area contributed by atoms with Crippen molar-refractivity contribution in [1.82, 2.24) is 0 Å². The second kappa shape index (κ2) is 3.44. The number of hydrogen-bond acceptors (Lipinski definition) is 2. The third-order valence-corrected chi connectivity index (χ3v) is 2.10. The molecule has 0 saturated heterocycles. The minimum atomic E-state index is -2.79. The average Bonchev–Trinajstić information content (AvgIpc) is 2.42. The van der Waals surface area contributed by atoms with Crippen LogP contribution in [-0.2, 0) is 6.42 Å². The lowest BCUT2D eigenvalue weighted by Crippen LogP contribution is -2.05. The molecule has 1 atom stereocenters. The standard InChI is InChI=1S/C10H10F2O2/c1-6-4-7-2-3-8(14-10(11)12)5-9(7)13-6/h2-3,5-6,10H,4H2,1H3. The van der Waals surface area contributed by atoms with Crippen LogP contribution in [0, 0.1) is 0 Å². The van der Waals surface area contributed by atoms with E-state index in [0.717, 1.165) is 12.0 Å². The monoisotopic (exact) mass is 200 g/mol. The van der Waals surface area contributed by atoms with Crippen molar-refractivity contribution in [3.05, 3.63) is 23.8 Å². The Hall–Kier alpha value is -1.32. The molecule has 0 N–H and O–H groups in total. The van der Waals surface area contributed by atoms with Gasteiger partial charge < -0.3 is 9.47 Å². The van der Waals surface area contributed by atoms with Crippen LogP contribution in [-0.4, -0.2) is 12.7 Å². The molecule has 0 bridgehead atoms. The molecule has 0 aromatic heterocycles. The molecule has 1 heterocycles. The molecular weight excluding hydrogens is 190 g/mol. The van der Waals surface area contributed by atoms with Gasteiger partial charge in [-0.25, -0.2) is 0 Å². The van der Waals surface area contributed by atoms with E-state index in [9.17, 15) is 8.78 Å². The normalized spacial score (nSPS) is 19.3. The third-order valence-electron chi connectivity index (χ3n) is 2.10. The number of hydrogen-bond donors (Lipinski definition) is 0. The molecule has 0 fully saturated rings. The Bertz CT molecular complexity index is 339. The molecule has 1 aromatic carbocycles. The zero-order chi connectivity index (χ0) is 10.1. The highest BCUT2D eigenvalue weighted by atomic mass is 19.3. The Morgan fingerprint density at radius 3 is 3.00 bits per heavy atom. The first-order valence-electron chi connectivity index (χ1n) is 4.39. The quantitative estimate of drug-likeness (QED) is 0.730. The zero-order valence-corrected chi connectivity index (χ0v) is 7.67. The van der Waals surface area contributed by atoms with Gasteiger partial charge in [-0.2, -0.15) is 8.78 Å². The maximum atomic E-state index is 11.9. The molecule has 0 saturated carbocycles. The van der Waals surface area contributed by atoms with Crippen LogP contribution < -0.4 is 9.47 Å². The minimum absolute atomic E-state index is 0.117. The van der Waals surface area contributed by atoms with Gasteiger partial charge in [-0.1, -0.05) is 6.07 Å². The molecule has 2 nitrogen and oxygen atoms in total. The summed E-state index contributed by atoms with van der Waals surface area (Å²) in [5.41, 5.74) is 1.04. The van der Waals surface area contributed by atoms with Crippen LogP contribution in [0.25, 0.3) is 0 Å². The van der Waals surface area contributed by atoms with E-state index < -0.39 is 6.61 Å². The maximum Gasteiger partial charge on any atom is 0.387 e. The van der Waals surface area contributed by atoms with Gasteiger partial charge in [-0.15, -0.1) is 0 Å². The molecule has 0 aliphatic carbocycles. The lowest BCUT2D eigenvalue weighted by molar-refractivity contribution is -0.0499. The van der Waals surface area contributed by atoms with E-state index in [1.54, 1.807) is 6.07 Å². The first-order valence-corrected chi connectivity index (χ1v) is 4.39. The van der Waals surface area contributed by atoms with Crippen LogP contribution in [0.3, 0.4) is 0 Å². The van der Waals surface area contributed by atoms with Crippen molar-refractivity contribution in [2.75, 3.05) is 0 Å². The highest BCUT2D eigenvalue weighted by molar-refractivity contribution is 5.43. The number of alkyl halides is 2. The van der Waals surface area contributed by atoms with E-state index >= 15 is 0 Å². The Labute approximate surface area is 80.4 Å². The molecule has 1 aromatic rings. The molecule has 1 aliphatic heterocycles. The minimum Gasteiger partial charge on any atom is -0.490 e. The van der Waals surface area contributed by atoms with Crippen LogP contribution in [0.2, 0.25) is 0 Å². The van der Waals surface area contributed by atoms with Crippen molar-refractivity contribution in [2.45, 2.75) is 26.1 Å². The highest BCUT2D eigenvalue weighted by Crippen LogP contribution is 2.32. The van der Waals surface area contributed by atoms with Crippen LogP contribution in [0.1, 0.15) is 12.5 Å². The van der Waals surface area contributed by atoms with E-state index in [0.29, 0.717) is 5.75 Å². The largest absolute Gasteiger partial charge is 0.490 e. The van der Waals surface area contributed by atoms with E-state index in [-0.39, 0.29) is 11.9 Å². The van der Waals surface area contributed by atoms with E-state index in [1.165, 1.54) is 12.1 Å². The second-order valence-electron chi connectivity index (χ2n) is 3.28. The molecule has 0 amide bonds. The van der Waals surface area contributed by atoms with Crippen molar-refractivity contribution in [2.24, 2.45) is 0 Å². The summed E-state index contributed by atoms with van der Waals surface area (Å²) in [4.78, 5) is 0. The Balaban J connectivity index is 2.20. The molecule has 14 heavy (non-hydrogen) atoms. The van der Waals surface area contributed by atoms with E-state index in [2.05, 4.69) is 4.74 Å². The summed E-state index contributed by atoms with van der Waals surface area (Å²) in [6, 6.07) is 4.80.